The molecule has 0 aliphatic heterocycles. The van der Waals surface area contributed by atoms with Gasteiger partial charge < -0.3 is 14.4 Å². The van der Waals surface area contributed by atoms with Crippen LogP contribution in [-0.4, -0.2) is 30.4 Å². The van der Waals surface area contributed by atoms with Crippen molar-refractivity contribution in [3.8, 4) is 5.75 Å². The van der Waals surface area contributed by atoms with Gasteiger partial charge in [-0.15, -0.1) is 0 Å². The van der Waals surface area contributed by atoms with E-state index in [1.54, 1.807) is 40.7 Å². The monoisotopic (exact) mass is 558 g/mol. The summed E-state index contributed by atoms with van der Waals surface area (Å²) in [6, 6.07) is 9.51. The van der Waals surface area contributed by atoms with Crippen LogP contribution in [-0.2, 0) is 25.0 Å². The minimum atomic E-state index is -0.895. The van der Waals surface area contributed by atoms with Gasteiger partial charge in [0, 0.05) is 41.3 Å². The lowest BCUT2D eigenvalue weighted by Crippen LogP contribution is -2.28. The van der Waals surface area contributed by atoms with Crippen molar-refractivity contribution in [2.75, 3.05) is 0 Å². The fourth-order valence-electron chi connectivity index (χ4n) is 4.96. The second-order valence-corrected chi connectivity index (χ2v) is 10.1. The number of carbonyl (C=O) groups is 1. The molecular weight excluding hydrogens is 534 g/mol. The fourth-order valence-corrected chi connectivity index (χ4v) is 5.29. The van der Waals surface area contributed by atoms with E-state index in [4.69, 9.17) is 4.74 Å². The van der Waals surface area contributed by atoms with Crippen molar-refractivity contribution in [2.45, 2.75) is 44.8 Å². The highest BCUT2D eigenvalue weighted by molar-refractivity contribution is 9.10. The number of imidazole rings is 1. The molecule has 2 atom stereocenters. The number of hydrogen-bond acceptors (Lipinski definition) is 4. The number of aliphatic carboxylic acids is 1. The smallest absolute Gasteiger partial charge is 0.307 e. The van der Waals surface area contributed by atoms with Crippen molar-refractivity contribution >= 4 is 32.9 Å². The van der Waals surface area contributed by atoms with Crippen molar-refractivity contribution in [3.63, 3.8) is 0 Å². The van der Waals surface area contributed by atoms with E-state index in [9.17, 15) is 14.3 Å². The fraction of sp³-hybridized carbons (Fsp3) is 0.346. The summed E-state index contributed by atoms with van der Waals surface area (Å²) in [5.41, 5.74) is 1.62. The van der Waals surface area contributed by atoms with Crippen LogP contribution in [0.15, 0.2) is 47.1 Å². The topological polar surface area (TPSA) is 82.2 Å². The van der Waals surface area contributed by atoms with E-state index in [1.165, 1.54) is 12.1 Å². The molecule has 0 radical (unpaired) electrons. The Labute approximate surface area is 214 Å². The summed E-state index contributed by atoms with van der Waals surface area (Å²) in [5.74, 6) is -2.19. The summed E-state index contributed by atoms with van der Waals surface area (Å²) in [5, 5.41) is 14.1. The average molecular weight is 559 g/mol. The van der Waals surface area contributed by atoms with Crippen LogP contribution >= 0.6 is 15.9 Å². The molecule has 0 spiro atoms. The van der Waals surface area contributed by atoms with Crippen molar-refractivity contribution in [1.82, 2.24) is 19.3 Å². The molecule has 188 valence electrons. The van der Waals surface area contributed by atoms with Gasteiger partial charge in [-0.25, -0.2) is 13.8 Å². The Morgan fingerprint density at radius 3 is 2.69 bits per heavy atom. The number of benzene rings is 2. The molecule has 1 saturated carbocycles. The molecular formula is C26H25BrF2N4O3. The van der Waals surface area contributed by atoms with Crippen LogP contribution in [0.2, 0.25) is 0 Å². The number of fused-ring (bicyclic) bond motifs is 1. The average Bonchev–Trinajstić information content (AvgIpc) is 3.43. The maximum Gasteiger partial charge on any atom is 0.307 e. The minimum Gasteiger partial charge on any atom is -0.487 e. The third-order valence-electron chi connectivity index (χ3n) is 6.72. The second-order valence-electron chi connectivity index (χ2n) is 9.17. The number of aryl methyl sites for hydroxylation is 1. The quantitative estimate of drug-likeness (QED) is 0.310. The summed E-state index contributed by atoms with van der Waals surface area (Å²) in [4.78, 5) is 16.6. The number of rotatable bonds is 7. The van der Waals surface area contributed by atoms with Gasteiger partial charge in [-0.05, 0) is 31.0 Å². The van der Waals surface area contributed by atoms with Crippen molar-refractivity contribution < 1.29 is 23.4 Å². The lowest BCUT2D eigenvalue weighted by Gasteiger charge is -2.28. The Balaban J connectivity index is 1.60. The highest BCUT2D eigenvalue weighted by Crippen LogP contribution is 2.40. The van der Waals surface area contributed by atoms with Gasteiger partial charge in [-0.3, -0.25) is 9.48 Å². The number of carboxylic acids is 1. The summed E-state index contributed by atoms with van der Waals surface area (Å²) in [6.45, 7) is 0.231. The van der Waals surface area contributed by atoms with E-state index in [-0.39, 0.29) is 24.4 Å². The predicted octanol–water partition coefficient (Wildman–Crippen LogP) is 5.80. The molecule has 1 aliphatic rings. The van der Waals surface area contributed by atoms with Gasteiger partial charge in [0.2, 0.25) is 0 Å². The maximum absolute atomic E-state index is 15.3. The number of aromatic nitrogens is 4. The zero-order valence-electron chi connectivity index (χ0n) is 19.6. The molecule has 2 aromatic carbocycles. The van der Waals surface area contributed by atoms with Gasteiger partial charge in [0.15, 0.2) is 5.82 Å². The molecule has 2 heterocycles. The van der Waals surface area contributed by atoms with E-state index < -0.39 is 29.4 Å². The number of hydrogen-bond donors (Lipinski definition) is 1. The normalized spacial score (nSPS) is 18.0. The van der Waals surface area contributed by atoms with Crippen LogP contribution in [0.25, 0.3) is 11.0 Å². The SMILES string of the molecule is Cn1ccc(COc2cc(F)c3nc([C@@H]4CCCC[C@@H]4C(=O)O)n(Cc4ccc(Br)cc4F)c3c2)n1. The summed E-state index contributed by atoms with van der Waals surface area (Å²) < 4.78 is 39.9. The Hall–Kier alpha value is -3.27. The minimum absolute atomic E-state index is 0.0803. The van der Waals surface area contributed by atoms with E-state index in [0.717, 1.165) is 12.8 Å². The molecule has 0 amide bonds. The van der Waals surface area contributed by atoms with Gasteiger partial charge in [0.05, 0.1) is 23.7 Å². The molecule has 36 heavy (non-hydrogen) atoms. The van der Waals surface area contributed by atoms with Gasteiger partial charge in [-0.1, -0.05) is 34.8 Å². The zero-order chi connectivity index (χ0) is 25.4. The van der Waals surface area contributed by atoms with Crippen molar-refractivity contribution in [3.05, 3.63) is 75.8 Å². The first-order chi connectivity index (χ1) is 17.3. The molecule has 1 aliphatic carbocycles. The Morgan fingerprint density at radius 2 is 1.97 bits per heavy atom. The van der Waals surface area contributed by atoms with E-state index in [0.29, 0.717) is 39.9 Å². The van der Waals surface area contributed by atoms with E-state index >= 15 is 4.39 Å². The van der Waals surface area contributed by atoms with Gasteiger partial charge in [0.25, 0.3) is 0 Å². The molecule has 2 aromatic heterocycles. The lowest BCUT2D eigenvalue weighted by atomic mass is 9.78. The molecule has 0 bridgehead atoms. The summed E-state index contributed by atoms with van der Waals surface area (Å²) >= 11 is 3.27. The molecule has 0 unspecified atom stereocenters. The van der Waals surface area contributed by atoms with E-state index in [2.05, 4.69) is 26.0 Å². The van der Waals surface area contributed by atoms with Gasteiger partial charge in [0.1, 0.15) is 29.5 Å². The number of ether oxygens (including phenoxy) is 1. The number of carboxylic acid groups (broad SMARTS) is 1. The van der Waals surface area contributed by atoms with Crippen molar-refractivity contribution in [1.29, 1.82) is 0 Å². The second kappa shape index (κ2) is 10.0. The molecule has 7 nitrogen and oxygen atoms in total. The molecule has 1 N–H and O–H groups in total. The molecule has 0 saturated heterocycles. The Morgan fingerprint density at radius 1 is 1.17 bits per heavy atom. The van der Waals surface area contributed by atoms with Crippen LogP contribution in [0.4, 0.5) is 8.78 Å². The Kier molecular flexibility index (Phi) is 6.79. The van der Waals surface area contributed by atoms with E-state index in [1.807, 2.05) is 6.07 Å². The highest BCUT2D eigenvalue weighted by atomic mass is 79.9. The van der Waals surface area contributed by atoms with Crippen LogP contribution in [0, 0.1) is 17.6 Å². The largest absolute Gasteiger partial charge is 0.487 e. The molecule has 1 fully saturated rings. The predicted molar refractivity (Wildman–Crippen MR) is 133 cm³/mol. The third-order valence-corrected chi connectivity index (χ3v) is 7.22. The maximum atomic E-state index is 15.3. The van der Waals surface area contributed by atoms with Gasteiger partial charge in [-0.2, -0.15) is 5.10 Å². The standard InChI is InChI=1S/C26H25BrF2N4O3/c1-32-9-8-17(31-32)14-36-18-11-22(29)24-23(12-18)33(13-15-6-7-16(27)10-21(15)28)25(30-24)19-4-2-3-5-20(19)26(34)35/h6-12,19-20H,2-5,13-14H2,1H3,(H,34,35)/t19-,20+/m1/s1. The van der Waals surface area contributed by atoms with Crippen LogP contribution in [0.5, 0.6) is 5.75 Å². The Bertz CT molecular complexity index is 1430. The first-order valence-electron chi connectivity index (χ1n) is 11.8. The summed E-state index contributed by atoms with van der Waals surface area (Å²) in [7, 11) is 1.80. The third kappa shape index (κ3) is 4.86. The van der Waals surface area contributed by atoms with Crippen LogP contribution < -0.4 is 4.74 Å². The first kappa shape index (κ1) is 24.4. The molecule has 10 heteroatoms. The lowest BCUT2D eigenvalue weighted by molar-refractivity contribution is -0.143. The van der Waals surface area contributed by atoms with Gasteiger partial charge >= 0.3 is 5.97 Å². The van der Waals surface area contributed by atoms with Crippen LogP contribution in [0.3, 0.4) is 0 Å². The molecule has 4 aromatic rings. The van der Waals surface area contributed by atoms with Crippen molar-refractivity contribution in [2.24, 2.45) is 13.0 Å². The van der Waals surface area contributed by atoms with Crippen LogP contribution in [0.1, 0.15) is 48.7 Å². The number of nitrogens with zero attached hydrogens (tertiary/aromatic N) is 4. The molecule has 5 rings (SSSR count). The number of halogens is 3. The zero-order valence-corrected chi connectivity index (χ0v) is 21.2. The first-order valence-corrected chi connectivity index (χ1v) is 12.6. The summed E-state index contributed by atoms with van der Waals surface area (Å²) in [6.07, 6.45) is 4.60. The highest BCUT2D eigenvalue weighted by Gasteiger charge is 2.36.